The van der Waals surface area contributed by atoms with Crippen molar-refractivity contribution in [2.75, 3.05) is 18.8 Å². The molecular weight excluding hydrogens is 304 g/mol. The van der Waals surface area contributed by atoms with Gasteiger partial charge < -0.3 is 5.73 Å². The second-order valence-electron chi connectivity index (χ2n) is 6.01. The Kier molecular flexibility index (Phi) is 5.03. The van der Waals surface area contributed by atoms with Crippen molar-refractivity contribution in [1.29, 1.82) is 0 Å². The van der Waals surface area contributed by atoms with E-state index in [1.165, 1.54) is 0 Å². The van der Waals surface area contributed by atoms with Crippen LogP contribution >= 0.6 is 11.8 Å². The Balaban J connectivity index is 2.34. The van der Waals surface area contributed by atoms with Crippen molar-refractivity contribution >= 4 is 21.8 Å². The lowest BCUT2D eigenvalue weighted by atomic mass is 10.1. The minimum absolute atomic E-state index is 0.137. The fourth-order valence-electron chi connectivity index (χ4n) is 2.54. The van der Waals surface area contributed by atoms with Crippen LogP contribution in [0.1, 0.15) is 31.4 Å². The van der Waals surface area contributed by atoms with Crippen molar-refractivity contribution in [3.8, 4) is 0 Å². The van der Waals surface area contributed by atoms with Gasteiger partial charge in [0.15, 0.2) is 0 Å². The highest BCUT2D eigenvalue weighted by atomic mass is 32.2. The number of hydrogen-bond acceptors (Lipinski definition) is 4. The van der Waals surface area contributed by atoms with Crippen molar-refractivity contribution in [2.45, 2.75) is 43.4 Å². The molecule has 0 saturated carbocycles. The molecule has 6 heteroatoms. The van der Waals surface area contributed by atoms with Gasteiger partial charge in [-0.2, -0.15) is 16.1 Å². The third-order valence-electron chi connectivity index (χ3n) is 4.03. The van der Waals surface area contributed by atoms with Crippen LogP contribution in [0.3, 0.4) is 0 Å². The van der Waals surface area contributed by atoms with Crippen molar-refractivity contribution < 1.29 is 8.42 Å². The summed E-state index contributed by atoms with van der Waals surface area (Å²) >= 11 is 1.84. The molecule has 1 saturated heterocycles. The monoisotopic (exact) mass is 328 g/mol. The van der Waals surface area contributed by atoms with Crippen molar-refractivity contribution in [1.82, 2.24) is 4.31 Å². The van der Waals surface area contributed by atoms with E-state index in [0.717, 1.165) is 23.3 Å². The summed E-state index contributed by atoms with van der Waals surface area (Å²) in [4.78, 5) is 0.398. The van der Waals surface area contributed by atoms with Crippen LogP contribution in [-0.2, 0) is 16.6 Å². The molecule has 118 valence electrons. The number of nitrogens with two attached hydrogens (primary N) is 1. The summed E-state index contributed by atoms with van der Waals surface area (Å²) in [5, 5.41) is 0. The molecule has 1 aromatic rings. The molecule has 21 heavy (non-hydrogen) atoms. The van der Waals surface area contributed by atoms with E-state index in [1.807, 2.05) is 24.8 Å². The van der Waals surface area contributed by atoms with Gasteiger partial charge >= 0.3 is 0 Å². The van der Waals surface area contributed by atoms with E-state index in [4.69, 9.17) is 5.73 Å². The first-order valence-electron chi connectivity index (χ1n) is 7.20. The first kappa shape index (κ1) is 16.8. The quantitative estimate of drug-likeness (QED) is 0.925. The van der Waals surface area contributed by atoms with Crippen LogP contribution in [-0.4, -0.2) is 36.3 Å². The Hall–Kier alpha value is -0.560. The molecule has 2 N–H and O–H groups in total. The molecule has 0 spiro atoms. The zero-order valence-electron chi connectivity index (χ0n) is 12.9. The topological polar surface area (TPSA) is 63.4 Å². The van der Waals surface area contributed by atoms with E-state index >= 15 is 0 Å². The Morgan fingerprint density at radius 1 is 1.33 bits per heavy atom. The largest absolute Gasteiger partial charge is 0.326 e. The summed E-state index contributed by atoms with van der Waals surface area (Å²) in [7, 11) is -3.43. The molecule has 4 nitrogen and oxygen atoms in total. The second kappa shape index (κ2) is 6.28. The summed E-state index contributed by atoms with van der Waals surface area (Å²) < 4.78 is 27.6. The summed E-state index contributed by atoms with van der Waals surface area (Å²) in [6.07, 6.45) is 0.868. The second-order valence-corrected chi connectivity index (χ2v) is 9.72. The lowest BCUT2D eigenvalue weighted by Crippen LogP contribution is -2.34. The number of rotatable bonds is 3. The fourth-order valence-corrected chi connectivity index (χ4v) is 5.47. The maximum Gasteiger partial charge on any atom is 0.243 e. The highest BCUT2D eigenvalue weighted by Gasteiger charge is 2.31. The molecule has 0 radical (unpaired) electrons. The van der Waals surface area contributed by atoms with E-state index in [0.29, 0.717) is 24.5 Å². The van der Waals surface area contributed by atoms with Crippen LogP contribution in [0.15, 0.2) is 23.1 Å². The zero-order valence-corrected chi connectivity index (χ0v) is 14.6. The summed E-state index contributed by atoms with van der Waals surface area (Å²) in [6.45, 7) is 7.70. The highest BCUT2D eigenvalue weighted by molar-refractivity contribution is 8.00. The van der Waals surface area contributed by atoms with Gasteiger partial charge in [0.25, 0.3) is 0 Å². The van der Waals surface area contributed by atoms with Crippen molar-refractivity contribution in [3.63, 3.8) is 0 Å². The van der Waals surface area contributed by atoms with Crippen LogP contribution in [0.5, 0.6) is 0 Å². The number of thioether (sulfide) groups is 1. The van der Waals surface area contributed by atoms with Gasteiger partial charge in [0.05, 0.1) is 4.90 Å². The standard InChI is InChI=1S/C15H24N2O2S2/c1-12-13(11-16)5-4-6-14(12)21(18,19)17-8-7-15(2,3)20-10-9-17/h4-6H,7-11,16H2,1-3H3. The van der Waals surface area contributed by atoms with Gasteiger partial charge in [-0.3, -0.25) is 0 Å². The lowest BCUT2D eigenvalue weighted by molar-refractivity contribution is 0.415. The van der Waals surface area contributed by atoms with E-state index in [1.54, 1.807) is 16.4 Å². The van der Waals surface area contributed by atoms with Gasteiger partial charge in [-0.05, 0) is 30.5 Å². The molecule has 1 aliphatic heterocycles. The molecule has 1 heterocycles. The predicted octanol–water partition coefficient (Wildman–Crippen LogP) is 2.36. The number of nitrogens with zero attached hydrogens (tertiary/aromatic N) is 1. The minimum atomic E-state index is -3.43. The molecule has 0 unspecified atom stereocenters. The maximum atomic E-state index is 12.9. The Morgan fingerprint density at radius 3 is 2.71 bits per heavy atom. The van der Waals surface area contributed by atoms with Gasteiger partial charge in [-0.25, -0.2) is 8.42 Å². The molecule has 0 aliphatic carbocycles. The first-order valence-corrected chi connectivity index (χ1v) is 9.63. The summed E-state index contributed by atoms with van der Waals surface area (Å²) in [5.74, 6) is 0.835. The number of benzene rings is 1. The van der Waals surface area contributed by atoms with Gasteiger partial charge in [0.2, 0.25) is 10.0 Å². The molecule has 0 atom stereocenters. The summed E-state index contributed by atoms with van der Waals surface area (Å²) in [5.41, 5.74) is 7.35. The minimum Gasteiger partial charge on any atom is -0.326 e. The molecular formula is C15H24N2O2S2. The van der Waals surface area contributed by atoms with Crippen LogP contribution in [0.2, 0.25) is 0 Å². The number of sulfonamides is 1. The fraction of sp³-hybridized carbons (Fsp3) is 0.600. The van der Waals surface area contributed by atoms with E-state index in [-0.39, 0.29) is 4.75 Å². The average molecular weight is 329 g/mol. The van der Waals surface area contributed by atoms with Crippen LogP contribution in [0.4, 0.5) is 0 Å². The van der Waals surface area contributed by atoms with Gasteiger partial charge in [0.1, 0.15) is 0 Å². The summed E-state index contributed by atoms with van der Waals surface area (Å²) in [6, 6.07) is 5.35. The maximum absolute atomic E-state index is 12.9. The van der Waals surface area contributed by atoms with Crippen LogP contribution in [0, 0.1) is 6.92 Å². The smallest absolute Gasteiger partial charge is 0.243 e. The van der Waals surface area contributed by atoms with Gasteiger partial charge in [0, 0.05) is 30.1 Å². The predicted molar refractivity (Wildman–Crippen MR) is 89.0 cm³/mol. The van der Waals surface area contributed by atoms with Crippen LogP contribution in [0.25, 0.3) is 0 Å². The Labute approximate surface area is 132 Å². The highest BCUT2D eigenvalue weighted by Crippen LogP contribution is 2.33. The molecule has 0 amide bonds. The lowest BCUT2D eigenvalue weighted by Gasteiger charge is -2.23. The van der Waals surface area contributed by atoms with E-state index < -0.39 is 10.0 Å². The molecule has 1 fully saturated rings. The number of hydrogen-bond donors (Lipinski definition) is 1. The first-order chi connectivity index (χ1) is 9.78. The van der Waals surface area contributed by atoms with Crippen LogP contribution < -0.4 is 5.73 Å². The van der Waals surface area contributed by atoms with E-state index in [2.05, 4.69) is 13.8 Å². The molecule has 0 bridgehead atoms. The molecule has 1 aliphatic rings. The average Bonchev–Trinajstić information content (AvgIpc) is 2.60. The van der Waals surface area contributed by atoms with Gasteiger partial charge in [-0.1, -0.05) is 26.0 Å². The molecule has 0 aromatic heterocycles. The van der Waals surface area contributed by atoms with E-state index in [9.17, 15) is 8.42 Å². The Bertz CT molecular complexity index is 612. The SMILES string of the molecule is Cc1c(CN)cccc1S(=O)(=O)N1CCSC(C)(C)CC1. The molecule has 1 aromatic carbocycles. The third-order valence-corrected chi connectivity index (χ3v) is 7.45. The molecule has 2 rings (SSSR count). The normalized spacial score (nSPS) is 20.2. The third kappa shape index (κ3) is 3.62. The zero-order chi connectivity index (χ0) is 15.7. The van der Waals surface area contributed by atoms with Gasteiger partial charge in [-0.15, -0.1) is 0 Å². The van der Waals surface area contributed by atoms with Crippen molar-refractivity contribution in [3.05, 3.63) is 29.3 Å². The Morgan fingerprint density at radius 2 is 2.05 bits per heavy atom. The van der Waals surface area contributed by atoms with Crippen molar-refractivity contribution in [2.24, 2.45) is 5.73 Å².